The number of halogens is 2. The molecule has 0 saturated heterocycles. The highest BCUT2D eigenvalue weighted by Crippen LogP contribution is 2.35. The zero-order valence-electron chi connectivity index (χ0n) is 12.6. The Morgan fingerprint density at radius 1 is 1.39 bits per heavy atom. The molecule has 0 spiro atoms. The summed E-state index contributed by atoms with van der Waals surface area (Å²) in [4.78, 5) is 1.13. The lowest BCUT2D eigenvalue weighted by Gasteiger charge is -2.15. The molecule has 1 aliphatic heterocycles. The first-order chi connectivity index (χ1) is 10.5. The summed E-state index contributed by atoms with van der Waals surface area (Å²) in [5.41, 5.74) is 1.12. The Kier molecular flexibility index (Phi) is 6.10. The zero-order valence-corrected chi connectivity index (χ0v) is 15.8. The van der Waals surface area contributed by atoms with Gasteiger partial charge in [-0.1, -0.05) is 23.3 Å². The lowest BCUT2D eigenvalue weighted by Crippen LogP contribution is -2.29. The van der Waals surface area contributed by atoms with Crippen LogP contribution in [0.15, 0.2) is 34.7 Å². The first kappa shape index (κ1) is 18.7. The van der Waals surface area contributed by atoms with Crippen LogP contribution in [0.1, 0.15) is 11.3 Å². The van der Waals surface area contributed by atoms with Crippen LogP contribution in [0.25, 0.3) is 10.1 Å². The molecule has 4 nitrogen and oxygen atoms in total. The topological polar surface area (TPSA) is 58.2 Å². The number of hydrogen-bond acceptors (Lipinski definition) is 4. The van der Waals surface area contributed by atoms with Crippen LogP contribution in [0.5, 0.6) is 0 Å². The Morgan fingerprint density at radius 2 is 2.17 bits per heavy atom. The van der Waals surface area contributed by atoms with E-state index in [-0.39, 0.29) is 12.4 Å². The van der Waals surface area contributed by atoms with Gasteiger partial charge in [-0.3, -0.25) is 0 Å². The molecule has 0 fully saturated rings. The number of fused-ring (bicyclic) bond motifs is 1. The molecule has 0 amide bonds. The van der Waals surface area contributed by atoms with E-state index < -0.39 is 10.0 Å². The van der Waals surface area contributed by atoms with E-state index in [1.165, 1.54) is 11.3 Å². The fourth-order valence-electron chi connectivity index (χ4n) is 2.59. The van der Waals surface area contributed by atoms with E-state index in [1.807, 2.05) is 19.1 Å². The summed E-state index contributed by atoms with van der Waals surface area (Å²) in [5, 5.41) is 4.45. The monoisotopic (exact) mass is 392 g/mol. The summed E-state index contributed by atoms with van der Waals surface area (Å²) in [5.74, 6) is 0. The van der Waals surface area contributed by atoms with Crippen LogP contribution in [0, 0.1) is 6.92 Å². The molecule has 0 saturated carbocycles. The number of benzene rings is 1. The predicted molar refractivity (Wildman–Crippen MR) is 99.6 cm³/mol. The third-order valence-electron chi connectivity index (χ3n) is 3.68. The molecule has 2 N–H and O–H groups in total. The smallest absolute Gasteiger partial charge is 0.242 e. The number of aryl methyl sites for hydroxylation is 1. The van der Waals surface area contributed by atoms with Gasteiger partial charge >= 0.3 is 0 Å². The van der Waals surface area contributed by atoms with Crippen molar-refractivity contribution in [2.45, 2.75) is 18.2 Å². The van der Waals surface area contributed by atoms with E-state index in [9.17, 15) is 8.42 Å². The molecule has 0 bridgehead atoms. The summed E-state index contributed by atoms with van der Waals surface area (Å²) < 4.78 is 29.0. The van der Waals surface area contributed by atoms with Gasteiger partial charge in [0, 0.05) is 33.1 Å². The maximum Gasteiger partial charge on any atom is 0.242 e. The van der Waals surface area contributed by atoms with Crippen molar-refractivity contribution in [3.8, 4) is 0 Å². The molecule has 1 aromatic carbocycles. The van der Waals surface area contributed by atoms with Crippen molar-refractivity contribution >= 4 is 55.5 Å². The second-order valence-electron chi connectivity index (χ2n) is 5.27. The minimum Gasteiger partial charge on any atom is -0.313 e. The molecule has 1 aromatic heterocycles. The Bertz CT molecular complexity index is 845. The Hall–Kier alpha value is -0.630. The number of hydrogen-bond donors (Lipinski definition) is 2. The van der Waals surface area contributed by atoms with E-state index in [0.29, 0.717) is 21.8 Å². The molecular weight excluding hydrogens is 375 g/mol. The van der Waals surface area contributed by atoms with Gasteiger partial charge in [0.05, 0.1) is 0 Å². The van der Waals surface area contributed by atoms with Crippen molar-refractivity contribution in [2.75, 3.05) is 19.6 Å². The Balaban J connectivity index is 0.00000192. The third kappa shape index (κ3) is 4.07. The quantitative estimate of drug-likeness (QED) is 0.782. The summed E-state index contributed by atoms with van der Waals surface area (Å²) in [6, 6.07) is 5.37. The Morgan fingerprint density at radius 3 is 2.87 bits per heavy atom. The lowest BCUT2D eigenvalue weighted by molar-refractivity contribution is 0.583. The molecular formula is C15H18Cl2N2O2S2. The molecule has 0 atom stereocenters. The van der Waals surface area contributed by atoms with Gasteiger partial charge in [0.15, 0.2) is 0 Å². The molecule has 2 heterocycles. The van der Waals surface area contributed by atoms with Crippen LogP contribution in [-0.2, 0) is 10.0 Å². The molecule has 0 aliphatic carbocycles. The summed E-state index contributed by atoms with van der Waals surface area (Å²) >= 11 is 7.50. The number of rotatable bonds is 4. The number of nitrogens with one attached hydrogen (secondary N) is 2. The Labute approximate surface area is 151 Å². The fraction of sp³-hybridized carbons (Fsp3) is 0.333. The van der Waals surface area contributed by atoms with Gasteiger partial charge in [0.25, 0.3) is 0 Å². The average molecular weight is 393 g/mol. The van der Waals surface area contributed by atoms with Gasteiger partial charge in [-0.05, 0) is 38.1 Å². The molecule has 1 aliphatic rings. The van der Waals surface area contributed by atoms with Crippen molar-refractivity contribution in [3.63, 3.8) is 0 Å². The van der Waals surface area contributed by atoms with Crippen LogP contribution >= 0.6 is 35.3 Å². The minimum atomic E-state index is -3.55. The second-order valence-corrected chi connectivity index (χ2v) is 8.67. The number of thiophene rings is 1. The molecule has 23 heavy (non-hydrogen) atoms. The van der Waals surface area contributed by atoms with Crippen molar-refractivity contribution in [1.29, 1.82) is 0 Å². The summed E-state index contributed by atoms with van der Waals surface area (Å²) in [6.07, 6.45) is 2.92. The lowest BCUT2D eigenvalue weighted by atomic mass is 10.1. The fourth-order valence-corrected chi connectivity index (χ4v) is 5.58. The highest BCUT2D eigenvalue weighted by Gasteiger charge is 2.23. The summed E-state index contributed by atoms with van der Waals surface area (Å²) in [7, 11) is -3.55. The highest BCUT2D eigenvalue weighted by molar-refractivity contribution is 7.90. The van der Waals surface area contributed by atoms with Gasteiger partial charge in [-0.2, -0.15) is 0 Å². The molecule has 3 rings (SSSR count). The molecule has 0 radical (unpaired) electrons. The van der Waals surface area contributed by atoms with Crippen LogP contribution in [0.3, 0.4) is 0 Å². The van der Waals surface area contributed by atoms with E-state index in [4.69, 9.17) is 11.6 Å². The third-order valence-corrected chi connectivity index (χ3v) is 6.72. The van der Waals surface area contributed by atoms with Gasteiger partial charge in [0.1, 0.15) is 4.90 Å². The summed E-state index contributed by atoms with van der Waals surface area (Å²) in [6.45, 7) is 3.88. The van der Waals surface area contributed by atoms with E-state index >= 15 is 0 Å². The van der Waals surface area contributed by atoms with Crippen LogP contribution in [-0.4, -0.2) is 28.1 Å². The minimum absolute atomic E-state index is 0. The zero-order chi connectivity index (χ0) is 15.7. The molecule has 2 aromatic rings. The first-order valence-corrected chi connectivity index (χ1v) is 9.72. The first-order valence-electron chi connectivity index (χ1n) is 7.04. The van der Waals surface area contributed by atoms with Crippen LogP contribution < -0.4 is 10.0 Å². The van der Waals surface area contributed by atoms with Gasteiger partial charge < -0.3 is 5.32 Å². The van der Waals surface area contributed by atoms with Gasteiger partial charge in [-0.25, -0.2) is 13.1 Å². The van der Waals surface area contributed by atoms with Gasteiger partial charge in [-0.15, -0.1) is 23.7 Å². The SMILES string of the molecule is Cc1sc2ccc(Cl)cc2c1S(=O)(=O)NCC1=CCNCC1.Cl. The van der Waals surface area contributed by atoms with Crippen molar-refractivity contribution in [3.05, 3.63) is 39.7 Å². The molecule has 0 unspecified atom stereocenters. The van der Waals surface area contributed by atoms with E-state index in [1.54, 1.807) is 12.1 Å². The van der Waals surface area contributed by atoms with E-state index in [2.05, 4.69) is 10.0 Å². The van der Waals surface area contributed by atoms with Crippen molar-refractivity contribution < 1.29 is 8.42 Å². The second kappa shape index (κ2) is 7.51. The highest BCUT2D eigenvalue weighted by atomic mass is 35.5. The normalized spacial score (nSPS) is 15.3. The largest absolute Gasteiger partial charge is 0.313 e. The van der Waals surface area contributed by atoms with Crippen LogP contribution in [0.2, 0.25) is 5.02 Å². The van der Waals surface area contributed by atoms with Crippen molar-refractivity contribution in [1.82, 2.24) is 10.0 Å². The van der Waals surface area contributed by atoms with Crippen molar-refractivity contribution in [2.24, 2.45) is 0 Å². The average Bonchev–Trinajstić information content (AvgIpc) is 2.82. The maximum atomic E-state index is 12.7. The predicted octanol–water partition coefficient (Wildman–Crippen LogP) is 3.48. The standard InChI is InChI=1S/C15H17ClN2O2S2.ClH/c1-10-15(13-8-12(16)2-3-14(13)21-10)22(19,20)18-9-11-4-6-17-7-5-11;/h2-4,8,17-18H,5-7,9H2,1H3;1H. The van der Waals surface area contributed by atoms with E-state index in [0.717, 1.165) is 34.7 Å². The maximum absolute atomic E-state index is 12.7. The van der Waals surface area contributed by atoms with Gasteiger partial charge in [0.2, 0.25) is 10.0 Å². The molecule has 126 valence electrons. The molecule has 8 heteroatoms. The van der Waals surface area contributed by atoms with Crippen LogP contribution in [0.4, 0.5) is 0 Å². The number of sulfonamides is 1.